The summed E-state index contributed by atoms with van der Waals surface area (Å²) in [7, 11) is 0. The molecule has 0 amide bonds. The average molecular weight is 220 g/mol. The van der Waals surface area contributed by atoms with Crippen molar-refractivity contribution in [3.63, 3.8) is 0 Å². The first kappa shape index (κ1) is 12.9. The Morgan fingerprint density at radius 1 is 0.875 bits per heavy atom. The molecular weight excluding hydrogens is 196 g/mol. The molecule has 0 spiro atoms. The summed E-state index contributed by atoms with van der Waals surface area (Å²) in [5.74, 6) is 0. The van der Waals surface area contributed by atoms with E-state index in [-0.39, 0.29) is 0 Å². The Labute approximate surface area is 99.0 Å². The van der Waals surface area contributed by atoms with Gasteiger partial charge in [-0.15, -0.1) is 0 Å². The summed E-state index contributed by atoms with van der Waals surface area (Å²) >= 11 is 0. The van der Waals surface area contributed by atoms with Crippen molar-refractivity contribution in [3.8, 4) is 0 Å². The van der Waals surface area contributed by atoms with Crippen molar-refractivity contribution in [1.29, 1.82) is 0 Å². The molecule has 0 aliphatic heterocycles. The summed E-state index contributed by atoms with van der Waals surface area (Å²) in [5, 5.41) is 0. The van der Waals surface area contributed by atoms with Crippen LogP contribution in [0.2, 0.25) is 0 Å². The molecule has 0 radical (unpaired) electrons. The highest BCUT2D eigenvalue weighted by atomic mass is 14.7. The van der Waals surface area contributed by atoms with Gasteiger partial charge in [0.05, 0.1) is 11.4 Å². The SMILES string of the molecule is CCCCCCCCc1ccc(N)c(N)c1. The summed E-state index contributed by atoms with van der Waals surface area (Å²) in [6.07, 6.45) is 9.12. The lowest BCUT2D eigenvalue weighted by atomic mass is 10.0. The predicted molar refractivity (Wildman–Crippen MR) is 72.3 cm³/mol. The second-order valence-corrected chi connectivity index (χ2v) is 4.48. The summed E-state index contributed by atoms with van der Waals surface area (Å²) in [6, 6.07) is 5.99. The number of rotatable bonds is 7. The van der Waals surface area contributed by atoms with Crippen LogP contribution >= 0.6 is 0 Å². The molecule has 1 aromatic rings. The fourth-order valence-corrected chi connectivity index (χ4v) is 1.89. The number of unbranched alkanes of at least 4 members (excludes halogenated alkanes) is 5. The van der Waals surface area contributed by atoms with E-state index in [4.69, 9.17) is 11.5 Å². The summed E-state index contributed by atoms with van der Waals surface area (Å²) < 4.78 is 0. The second kappa shape index (κ2) is 7.15. The van der Waals surface area contributed by atoms with E-state index in [2.05, 4.69) is 13.0 Å². The molecule has 4 N–H and O–H groups in total. The first-order chi connectivity index (χ1) is 7.74. The largest absolute Gasteiger partial charge is 0.397 e. The van der Waals surface area contributed by atoms with Gasteiger partial charge in [-0.1, -0.05) is 45.1 Å². The van der Waals surface area contributed by atoms with Crippen LogP contribution in [0.1, 0.15) is 51.0 Å². The van der Waals surface area contributed by atoms with E-state index in [9.17, 15) is 0 Å². The van der Waals surface area contributed by atoms with E-state index in [1.165, 1.54) is 44.1 Å². The summed E-state index contributed by atoms with van der Waals surface area (Å²) in [4.78, 5) is 0. The molecule has 0 heterocycles. The zero-order chi connectivity index (χ0) is 11.8. The smallest absolute Gasteiger partial charge is 0.0550 e. The van der Waals surface area contributed by atoms with E-state index >= 15 is 0 Å². The highest BCUT2D eigenvalue weighted by Crippen LogP contribution is 2.18. The molecule has 0 aliphatic rings. The van der Waals surface area contributed by atoms with Gasteiger partial charge in [0.1, 0.15) is 0 Å². The summed E-state index contributed by atoms with van der Waals surface area (Å²) in [6.45, 7) is 2.25. The minimum absolute atomic E-state index is 0.687. The average Bonchev–Trinajstić information content (AvgIpc) is 2.28. The molecule has 0 fully saturated rings. The molecule has 1 rings (SSSR count). The number of nitrogen functional groups attached to an aromatic ring is 2. The van der Waals surface area contributed by atoms with Crippen LogP contribution in [0.15, 0.2) is 18.2 Å². The first-order valence-electron chi connectivity index (χ1n) is 6.38. The minimum atomic E-state index is 0.687. The van der Waals surface area contributed by atoms with E-state index in [0.717, 1.165) is 6.42 Å². The van der Waals surface area contributed by atoms with Crippen LogP contribution in [0.5, 0.6) is 0 Å². The maximum Gasteiger partial charge on any atom is 0.0550 e. The van der Waals surface area contributed by atoms with Gasteiger partial charge in [0, 0.05) is 0 Å². The quantitative estimate of drug-likeness (QED) is 0.543. The summed E-state index contributed by atoms with van der Waals surface area (Å²) in [5.41, 5.74) is 14.1. The molecule has 0 aromatic heterocycles. The van der Waals surface area contributed by atoms with Crippen molar-refractivity contribution >= 4 is 11.4 Å². The van der Waals surface area contributed by atoms with Crippen LogP contribution in [0, 0.1) is 0 Å². The van der Waals surface area contributed by atoms with E-state index in [1.54, 1.807) is 0 Å². The van der Waals surface area contributed by atoms with E-state index in [0.29, 0.717) is 11.4 Å². The van der Waals surface area contributed by atoms with Gasteiger partial charge in [0.2, 0.25) is 0 Å². The third-order valence-electron chi connectivity index (χ3n) is 2.97. The van der Waals surface area contributed by atoms with Crippen molar-refractivity contribution in [1.82, 2.24) is 0 Å². The van der Waals surface area contributed by atoms with Gasteiger partial charge in [0.25, 0.3) is 0 Å². The van der Waals surface area contributed by atoms with Crippen molar-refractivity contribution in [2.24, 2.45) is 0 Å². The van der Waals surface area contributed by atoms with Crippen LogP contribution in [0.25, 0.3) is 0 Å². The number of aryl methyl sites for hydroxylation is 1. The normalized spacial score (nSPS) is 10.6. The Hall–Kier alpha value is -1.18. The van der Waals surface area contributed by atoms with Gasteiger partial charge < -0.3 is 11.5 Å². The van der Waals surface area contributed by atoms with Crippen LogP contribution in [0.4, 0.5) is 11.4 Å². The minimum Gasteiger partial charge on any atom is -0.397 e. The number of benzene rings is 1. The lowest BCUT2D eigenvalue weighted by Gasteiger charge is -2.05. The van der Waals surface area contributed by atoms with Crippen LogP contribution in [-0.2, 0) is 6.42 Å². The molecule has 0 unspecified atom stereocenters. The van der Waals surface area contributed by atoms with Gasteiger partial charge in [0.15, 0.2) is 0 Å². The lowest BCUT2D eigenvalue weighted by molar-refractivity contribution is 0.607. The zero-order valence-corrected chi connectivity index (χ0v) is 10.3. The number of nitrogens with two attached hydrogens (primary N) is 2. The molecule has 2 nitrogen and oxygen atoms in total. The standard InChI is InChI=1S/C14H24N2/c1-2-3-4-5-6-7-8-12-9-10-13(15)14(16)11-12/h9-11H,2-8,15-16H2,1H3. The van der Waals surface area contributed by atoms with Crippen LogP contribution in [-0.4, -0.2) is 0 Å². The Balaban J connectivity index is 2.19. The van der Waals surface area contributed by atoms with Crippen molar-refractivity contribution < 1.29 is 0 Å². The number of anilines is 2. The predicted octanol–water partition coefficient (Wildman–Crippen LogP) is 3.75. The zero-order valence-electron chi connectivity index (χ0n) is 10.3. The molecule has 0 bridgehead atoms. The van der Waals surface area contributed by atoms with Crippen LogP contribution in [0.3, 0.4) is 0 Å². The van der Waals surface area contributed by atoms with Gasteiger partial charge in [-0.3, -0.25) is 0 Å². The monoisotopic (exact) mass is 220 g/mol. The molecule has 1 aromatic carbocycles. The maximum absolute atomic E-state index is 5.77. The highest BCUT2D eigenvalue weighted by molar-refractivity contribution is 5.63. The molecular formula is C14H24N2. The maximum atomic E-state index is 5.77. The lowest BCUT2D eigenvalue weighted by Crippen LogP contribution is -1.96. The molecule has 0 saturated carbocycles. The highest BCUT2D eigenvalue weighted by Gasteiger charge is 1.97. The Morgan fingerprint density at radius 2 is 1.56 bits per heavy atom. The van der Waals surface area contributed by atoms with Crippen molar-refractivity contribution in [2.75, 3.05) is 11.5 Å². The molecule has 90 valence electrons. The Morgan fingerprint density at radius 3 is 2.25 bits per heavy atom. The van der Waals surface area contributed by atoms with Gasteiger partial charge >= 0.3 is 0 Å². The molecule has 16 heavy (non-hydrogen) atoms. The fraction of sp³-hybridized carbons (Fsp3) is 0.571. The topological polar surface area (TPSA) is 52.0 Å². The van der Waals surface area contributed by atoms with Crippen molar-refractivity contribution in [3.05, 3.63) is 23.8 Å². The van der Waals surface area contributed by atoms with E-state index in [1.807, 2.05) is 12.1 Å². The number of hydrogen-bond donors (Lipinski definition) is 2. The molecule has 2 heteroatoms. The molecule has 0 aliphatic carbocycles. The van der Waals surface area contributed by atoms with Gasteiger partial charge in [-0.25, -0.2) is 0 Å². The van der Waals surface area contributed by atoms with Gasteiger partial charge in [-0.2, -0.15) is 0 Å². The van der Waals surface area contributed by atoms with E-state index < -0.39 is 0 Å². The van der Waals surface area contributed by atoms with Crippen molar-refractivity contribution in [2.45, 2.75) is 51.9 Å². The third kappa shape index (κ3) is 4.56. The third-order valence-corrected chi connectivity index (χ3v) is 2.97. The van der Waals surface area contributed by atoms with Crippen LogP contribution < -0.4 is 11.5 Å². The molecule has 0 atom stereocenters. The Bertz CT molecular complexity index is 308. The Kier molecular flexibility index (Phi) is 5.76. The first-order valence-corrected chi connectivity index (χ1v) is 6.38. The fourth-order valence-electron chi connectivity index (χ4n) is 1.89. The second-order valence-electron chi connectivity index (χ2n) is 4.48. The number of hydrogen-bond acceptors (Lipinski definition) is 2. The molecule has 0 saturated heterocycles. The van der Waals surface area contributed by atoms with Gasteiger partial charge in [-0.05, 0) is 30.5 Å².